The second-order valence-electron chi connectivity index (χ2n) is 5.08. The lowest BCUT2D eigenvalue weighted by molar-refractivity contribution is -0.166. The topological polar surface area (TPSA) is 68.7 Å². The summed E-state index contributed by atoms with van der Waals surface area (Å²) >= 11 is 0. The van der Waals surface area contributed by atoms with Gasteiger partial charge in [-0.05, 0) is 19.1 Å². The lowest BCUT2D eigenvalue weighted by Gasteiger charge is -2.39. The van der Waals surface area contributed by atoms with Crippen molar-refractivity contribution < 1.29 is 32.2 Å². The molecule has 0 bridgehead atoms. The maximum Gasteiger partial charge on any atom is 0.417 e. The Labute approximate surface area is 130 Å². The van der Waals surface area contributed by atoms with Crippen molar-refractivity contribution in [2.75, 3.05) is 20.3 Å². The monoisotopic (exact) mass is 332 g/mol. The molecule has 0 spiro atoms. The standard InChI is InChI=1S/C14H15F3N2O4/c1-8-6-23-7-11(19(8)12(20)13(21)22-2)10-4-3-9(5-18-10)14(15,16)17/h3-5,8,11H,6-7H2,1-2H3. The van der Waals surface area contributed by atoms with Crippen LogP contribution in [0.1, 0.15) is 24.2 Å². The molecule has 1 fully saturated rings. The van der Waals surface area contributed by atoms with Gasteiger partial charge in [-0.3, -0.25) is 9.78 Å². The molecular weight excluding hydrogens is 317 g/mol. The molecule has 2 atom stereocenters. The maximum atomic E-state index is 12.6. The summed E-state index contributed by atoms with van der Waals surface area (Å²) in [5, 5.41) is 0. The van der Waals surface area contributed by atoms with Gasteiger partial charge < -0.3 is 14.4 Å². The molecule has 1 aromatic rings. The number of hydrogen-bond acceptors (Lipinski definition) is 5. The smallest absolute Gasteiger partial charge is 0.417 e. The molecule has 1 aliphatic rings. The first kappa shape index (κ1) is 17.2. The fourth-order valence-electron chi connectivity index (χ4n) is 2.35. The average molecular weight is 332 g/mol. The quantitative estimate of drug-likeness (QED) is 0.577. The van der Waals surface area contributed by atoms with Crippen LogP contribution in [0.25, 0.3) is 0 Å². The first-order chi connectivity index (χ1) is 10.8. The first-order valence-electron chi connectivity index (χ1n) is 6.77. The van der Waals surface area contributed by atoms with Crippen LogP contribution in [-0.4, -0.2) is 48.1 Å². The van der Waals surface area contributed by atoms with E-state index in [1.165, 1.54) is 11.0 Å². The summed E-state index contributed by atoms with van der Waals surface area (Å²) in [6.45, 7) is 1.91. The predicted octanol–water partition coefficient (Wildman–Crippen LogP) is 1.56. The van der Waals surface area contributed by atoms with Crippen LogP contribution in [-0.2, 0) is 25.2 Å². The van der Waals surface area contributed by atoms with Crippen molar-refractivity contribution in [3.63, 3.8) is 0 Å². The van der Waals surface area contributed by atoms with Crippen molar-refractivity contribution in [1.29, 1.82) is 0 Å². The number of methoxy groups -OCH3 is 1. The second kappa shape index (κ2) is 6.53. The number of pyridine rings is 1. The van der Waals surface area contributed by atoms with Gasteiger partial charge in [0.2, 0.25) is 0 Å². The molecule has 0 N–H and O–H groups in total. The lowest BCUT2D eigenvalue weighted by Crippen LogP contribution is -2.51. The van der Waals surface area contributed by atoms with Gasteiger partial charge >= 0.3 is 18.1 Å². The number of carbonyl (C=O) groups is 2. The zero-order valence-electron chi connectivity index (χ0n) is 12.5. The minimum absolute atomic E-state index is 0.0332. The van der Waals surface area contributed by atoms with Crippen molar-refractivity contribution in [2.45, 2.75) is 25.2 Å². The summed E-state index contributed by atoms with van der Waals surface area (Å²) in [5.74, 6) is -1.93. The van der Waals surface area contributed by atoms with Crippen LogP contribution in [0.5, 0.6) is 0 Å². The summed E-state index contributed by atoms with van der Waals surface area (Å²) in [4.78, 5) is 28.6. The number of morpholine rings is 1. The Morgan fingerprint density at radius 2 is 2.04 bits per heavy atom. The van der Waals surface area contributed by atoms with E-state index in [1.54, 1.807) is 6.92 Å². The molecular formula is C14H15F3N2O4. The lowest BCUT2D eigenvalue weighted by atomic mass is 10.1. The number of rotatable bonds is 1. The Kier molecular flexibility index (Phi) is 4.88. The molecule has 2 heterocycles. The number of aromatic nitrogens is 1. The van der Waals surface area contributed by atoms with Crippen molar-refractivity contribution in [1.82, 2.24) is 9.88 Å². The largest absolute Gasteiger partial charge is 0.462 e. The number of hydrogen-bond donors (Lipinski definition) is 0. The van der Waals surface area contributed by atoms with Crippen LogP contribution in [0, 0.1) is 0 Å². The highest BCUT2D eigenvalue weighted by Gasteiger charge is 2.38. The van der Waals surface area contributed by atoms with E-state index in [2.05, 4.69) is 9.72 Å². The highest BCUT2D eigenvalue weighted by atomic mass is 19.4. The molecule has 2 rings (SSSR count). The van der Waals surface area contributed by atoms with Gasteiger partial charge in [-0.1, -0.05) is 0 Å². The third-order valence-corrected chi connectivity index (χ3v) is 3.50. The van der Waals surface area contributed by atoms with Gasteiger partial charge in [0, 0.05) is 6.20 Å². The Bertz CT molecular complexity index is 589. The van der Waals surface area contributed by atoms with Gasteiger partial charge in [-0.2, -0.15) is 13.2 Å². The van der Waals surface area contributed by atoms with Crippen molar-refractivity contribution in [3.05, 3.63) is 29.6 Å². The molecule has 1 aliphatic heterocycles. The zero-order valence-corrected chi connectivity index (χ0v) is 12.5. The molecule has 9 heteroatoms. The molecule has 1 aromatic heterocycles. The number of nitrogens with zero attached hydrogens (tertiary/aromatic N) is 2. The van der Waals surface area contributed by atoms with E-state index in [0.717, 1.165) is 13.2 Å². The predicted molar refractivity (Wildman–Crippen MR) is 71.1 cm³/mol. The van der Waals surface area contributed by atoms with Crippen molar-refractivity contribution >= 4 is 11.9 Å². The van der Waals surface area contributed by atoms with Gasteiger partial charge in [0.1, 0.15) is 0 Å². The third-order valence-electron chi connectivity index (χ3n) is 3.50. The van der Waals surface area contributed by atoms with E-state index in [4.69, 9.17) is 4.74 Å². The SMILES string of the molecule is COC(=O)C(=O)N1C(C)COCC1c1ccc(C(F)(F)F)cn1. The number of esters is 1. The molecule has 23 heavy (non-hydrogen) atoms. The Morgan fingerprint density at radius 3 is 2.57 bits per heavy atom. The highest BCUT2D eigenvalue weighted by Crippen LogP contribution is 2.31. The van der Waals surface area contributed by atoms with Gasteiger partial charge in [-0.25, -0.2) is 4.79 Å². The first-order valence-corrected chi connectivity index (χ1v) is 6.77. The van der Waals surface area contributed by atoms with Crippen molar-refractivity contribution in [2.24, 2.45) is 0 Å². The van der Waals surface area contributed by atoms with Gasteiger partial charge in [0.25, 0.3) is 0 Å². The molecule has 0 aromatic carbocycles. The van der Waals surface area contributed by atoms with Crippen LogP contribution < -0.4 is 0 Å². The molecule has 126 valence electrons. The maximum absolute atomic E-state index is 12.6. The van der Waals surface area contributed by atoms with E-state index in [-0.39, 0.29) is 18.9 Å². The fraction of sp³-hybridized carbons (Fsp3) is 0.500. The van der Waals surface area contributed by atoms with Crippen LogP contribution in [0.2, 0.25) is 0 Å². The number of alkyl halides is 3. The summed E-state index contributed by atoms with van der Waals surface area (Å²) in [5.41, 5.74) is -0.682. The van der Waals surface area contributed by atoms with E-state index < -0.39 is 35.7 Å². The molecule has 0 saturated carbocycles. The van der Waals surface area contributed by atoms with Crippen LogP contribution in [0.3, 0.4) is 0 Å². The second-order valence-corrected chi connectivity index (χ2v) is 5.08. The zero-order chi connectivity index (χ0) is 17.2. The molecule has 1 amide bonds. The summed E-state index contributed by atoms with van der Waals surface area (Å²) < 4.78 is 47.5. The van der Waals surface area contributed by atoms with E-state index in [0.29, 0.717) is 6.20 Å². The van der Waals surface area contributed by atoms with E-state index >= 15 is 0 Å². The van der Waals surface area contributed by atoms with Gasteiger partial charge in [0.05, 0.1) is 43.7 Å². The van der Waals surface area contributed by atoms with E-state index in [1.807, 2.05) is 0 Å². The molecule has 0 aliphatic carbocycles. The minimum atomic E-state index is -4.50. The van der Waals surface area contributed by atoms with Gasteiger partial charge in [-0.15, -0.1) is 0 Å². The van der Waals surface area contributed by atoms with Crippen LogP contribution in [0.4, 0.5) is 13.2 Å². The number of ether oxygens (including phenoxy) is 2. The molecule has 0 radical (unpaired) electrons. The number of amides is 1. The van der Waals surface area contributed by atoms with Crippen LogP contribution in [0.15, 0.2) is 18.3 Å². The Morgan fingerprint density at radius 1 is 1.35 bits per heavy atom. The fourth-order valence-corrected chi connectivity index (χ4v) is 2.35. The molecule has 1 saturated heterocycles. The average Bonchev–Trinajstić information content (AvgIpc) is 2.52. The molecule has 2 unspecified atom stereocenters. The minimum Gasteiger partial charge on any atom is -0.462 e. The van der Waals surface area contributed by atoms with Crippen LogP contribution >= 0.6 is 0 Å². The van der Waals surface area contributed by atoms with Crippen molar-refractivity contribution in [3.8, 4) is 0 Å². The Balaban J connectivity index is 2.31. The number of carbonyl (C=O) groups excluding carboxylic acids is 2. The summed E-state index contributed by atoms with van der Waals surface area (Å²) in [6, 6.07) is 0.853. The highest BCUT2D eigenvalue weighted by molar-refractivity contribution is 6.32. The normalized spacial score (nSPS) is 21.9. The molecule has 6 nitrogen and oxygen atoms in total. The summed E-state index contributed by atoms with van der Waals surface area (Å²) in [6.07, 6.45) is -3.81. The Hall–Kier alpha value is -2.16. The number of halogens is 3. The van der Waals surface area contributed by atoms with E-state index in [9.17, 15) is 22.8 Å². The van der Waals surface area contributed by atoms with Gasteiger partial charge in [0.15, 0.2) is 0 Å². The third kappa shape index (κ3) is 3.61. The summed E-state index contributed by atoms with van der Waals surface area (Å²) in [7, 11) is 1.08.